The topological polar surface area (TPSA) is 60.2 Å². The minimum atomic E-state index is 0.443. The maximum atomic E-state index is 5.73. The first-order valence-corrected chi connectivity index (χ1v) is 5.40. The molecule has 0 spiro atoms. The van der Waals surface area contributed by atoms with Crippen LogP contribution in [-0.4, -0.2) is 4.98 Å². The Morgan fingerprint density at radius 2 is 2.06 bits per heavy atom. The largest absolute Gasteiger partial charge is 0.488 e. The molecular weight excluding hydrogens is 214 g/mol. The highest BCUT2D eigenvalue weighted by Crippen LogP contribution is 2.19. The van der Waals surface area contributed by atoms with Gasteiger partial charge in [-0.15, -0.1) is 0 Å². The fourth-order valence-electron chi connectivity index (χ4n) is 1.56. The molecular formula is C13H15N3O. The van der Waals surface area contributed by atoms with Gasteiger partial charge in [0, 0.05) is 11.8 Å². The van der Waals surface area contributed by atoms with Gasteiger partial charge in [0.2, 0.25) is 0 Å². The zero-order valence-corrected chi connectivity index (χ0v) is 9.68. The number of benzene rings is 1. The average molecular weight is 229 g/mol. The third-order valence-electron chi connectivity index (χ3n) is 2.50. The van der Waals surface area contributed by atoms with Crippen LogP contribution in [0, 0.1) is 6.92 Å². The summed E-state index contributed by atoms with van der Waals surface area (Å²) in [6.07, 6.45) is 1.69. The Bertz CT molecular complexity index is 500. The predicted molar refractivity (Wildman–Crippen MR) is 67.6 cm³/mol. The first-order valence-electron chi connectivity index (χ1n) is 5.40. The molecule has 4 heteroatoms. The van der Waals surface area contributed by atoms with Crippen LogP contribution in [0.15, 0.2) is 42.6 Å². The number of nitrogens with two attached hydrogens (primary N) is 1. The highest BCUT2D eigenvalue weighted by molar-refractivity contribution is 5.42. The summed E-state index contributed by atoms with van der Waals surface area (Å²) in [6, 6.07) is 11.7. The zero-order chi connectivity index (χ0) is 12.1. The van der Waals surface area contributed by atoms with Crippen molar-refractivity contribution in [2.75, 3.05) is 5.43 Å². The number of anilines is 1. The standard InChI is InChI=1S/C13H15N3O/c1-10-5-2-3-7-12(10)17-9-11-6-4-8-15-13(11)16-14/h2-8H,9,14H2,1H3,(H,15,16). The van der Waals surface area contributed by atoms with Crippen LogP contribution in [-0.2, 0) is 6.61 Å². The molecule has 0 radical (unpaired) electrons. The highest BCUT2D eigenvalue weighted by Gasteiger charge is 2.03. The van der Waals surface area contributed by atoms with Gasteiger partial charge in [-0.25, -0.2) is 10.8 Å². The second kappa shape index (κ2) is 5.32. The molecule has 0 saturated carbocycles. The van der Waals surface area contributed by atoms with Crippen molar-refractivity contribution in [1.29, 1.82) is 0 Å². The lowest BCUT2D eigenvalue weighted by Gasteiger charge is -2.11. The molecule has 0 amide bonds. The summed E-state index contributed by atoms with van der Waals surface area (Å²) in [6.45, 7) is 2.46. The number of nitrogens with one attached hydrogen (secondary N) is 1. The second-order valence-corrected chi connectivity index (χ2v) is 3.71. The molecule has 0 bridgehead atoms. The van der Waals surface area contributed by atoms with E-state index in [1.807, 2.05) is 43.3 Å². The molecule has 0 saturated heterocycles. The van der Waals surface area contributed by atoms with Crippen molar-refractivity contribution in [2.45, 2.75) is 13.5 Å². The Labute approximate surface area is 100 Å². The molecule has 2 rings (SSSR count). The first-order chi connectivity index (χ1) is 8.31. The van der Waals surface area contributed by atoms with Gasteiger partial charge in [-0.05, 0) is 24.6 Å². The van der Waals surface area contributed by atoms with Gasteiger partial charge in [0.05, 0.1) is 0 Å². The maximum absolute atomic E-state index is 5.73. The number of hydrogen-bond acceptors (Lipinski definition) is 4. The Morgan fingerprint density at radius 1 is 1.24 bits per heavy atom. The van der Waals surface area contributed by atoms with Crippen LogP contribution in [0.5, 0.6) is 5.75 Å². The van der Waals surface area contributed by atoms with E-state index in [4.69, 9.17) is 10.6 Å². The Kier molecular flexibility index (Phi) is 3.57. The molecule has 88 valence electrons. The van der Waals surface area contributed by atoms with Gasteiger partial charge in [-0.2, -0.15) is 0 Å². The molecule has 0 atom stereocenters. The second-order valence-electron chi connectivity index (χ2n) is 3.71. The third-order valence-corrected chi connectivity index (χ3v) is 2.50. The number of rotatable bonds is 4. The van der Waals surface area contributed by atoms with Crippen LogP contribution in [0.1, 0.15) is 11.1 Å². The van der Waals surface area contributed by atoms with Crippen molar-refractivity contribution >= 4 is 5.82 Å². The zero-order valence-electron chi connectivity index (χ0n) is 9.68. The van der Waals surface area contributed by atoms with E-state index in [0.717, 1.165) is 16.9 Å². The average Bonchev–Trinajstić information content (AvgIpc) is 2.38. The Balaban J connectivity index is 2.10. The van der Waals surface area contributed by atoms with Crippen LogP contribution in [0.25, 0.3) is 0 Å². The number of hydrogen-bond donors (Lipinski definition) is 2. The van der Waals surface area contributed by atoms with Crippen LogP contribution < -0.4 is 16.0 Å². The summed E-state index contributed by atoms with van der Waals surface area (Å²) in [4.78, 5) is 4.12. The van der Waals surface area contributed by atoms with Crippen molar-refractivity contribution in [3.05, 3.63) is 53.7 Å². The molecule has 1 aromatic heterocycles. The van der Waals surface area contributed by atoms with E-state index in [9.17, 15) is 0 Å². The lowest BCUT2D eigenvalue weighted by atomic mass is 10.2. The number of aryl methyl sites for hydroxylation is 1. The van der Waals surface area contributed by atoms with E-state index >= 15 is 0 Å². The smallest absolute Gasteiger partial charge is 0.146 e. The Morgan fingerprint density at radius 3 is 2.82 bits per heavy atom. The minimum Gasteiger partial charge on any atom is -0.488 e. The van der Waals surface area contributed by atoms with E-state index in [1.165, 1.54) is 0 Å². The van der Waals surface area contributed by atoms with E-state index in [-0.39, 0.29) is 0 Å². The van der Waals surface area contributed by atoms with Gasteiger partial charge in [-0.3, -0.25) is 0 Å². The molecule has 4 nitrogen and oxygen atoms in total. The van der Waals surface area contributed by atoms with E-state index in [1.54, 1.807) is 6.20 Å². The van der Waals surface area contributed by atoms with E-state index in [2.05, 4.69) is 10.4 Å². The van der Waals surface area contributed by atoms with Crippen LogP contribution in [0.2, 0.25) is 0 Å². The summed E-state index contributed by atoms with van der Waals surface area (Å²) in [5.41, 5.74) is 4.59. The van der Waals surface area contributed by atoms with Crippen molar-refractivity contribution in [3.8, 4) is 5.75 Å². The number of nitrogens with zero attached hydrogens (tertiary/aromatic N) is 1. The summed E-state index contributed by atoms with van der Waals surface area (Å²) in [5.74, 6) is 6.90. The molecule has 0 aliphatic rings. The molecule has 3 N–H and O–H groups in total. The molecule has 1 heterocycles. The van der Waals surface area contributed by atoms with E-state index < -0.39 is 0 Å². The number of para-hydroxylation sites is 1. The van der Waals surface area contributed by atoms with Crippen molar-refractivity contribution in [2.24, 2.45) is 5.84 Å². The van der Waals surface area contributed by atoms with Crippen LogP contribution >= 0.6 is 0 Å². The molecule has 17 heavy (non-hydrogen) atoms. The number of aromatic nitrogens is 1. The molecule has 0 fully saturated rings. The molecule has 2 aromatic rings. The van der Waals surface area contributed by atoms with Gasteiger partial charge in [0.25, 0.3) is 0 Å². The third kappa shape index (κ3) is 2.73. The predicted octanol–water partition coefficient (Wildman–Crippen LogP) is 2.25. The number of ether oxygens (including phenoxy) is 1. The normalized spacial score (nSPS) is 10.0. The van der Waals surface area contributed by atoms with E-state index in [0.29, 0.717) is 12.4 Å². The van der Waals surface area contributed by atoms with Gasteiger partial charge in [0.15, 0.2) is 0 Å². The minimum absolute atomic E-state index is 0.443. The SMILES string of the molecule is Cc1ccccc1OCc1cccnc1NN. The van der Waals surface area contributed by atoms with Crippen molar-refractivity contribution in [1.82, 2.24) is 4.98 Å². The summed E-state index contributed by atoms with van der Waals surface area (Å²) in [5, 5.41) is 0. The van der Waals surface area contributed by atoms with Gasteiger partial charge in [-0.1, -0.05) is 24.3 Å². The number of hydrazine groups is 1. The molecule has 0 unspecified atom stereocenters. The first kappa shape index (κ1) is 11.4. The fraction of sp³-hybridized carbons (Fsp3) is 0.154. The van der Waals surface area contributed by atoms with Gasteiger partial charge in [0.1, 0.15) is 18.2 Å². The van der Waals surface area contributed by atoms with Gasteiger partial charge >= 0.3 is 0 Å². The van der Waals surface area contributed by atoms with Crippen LogP contribution in [0.3, 0.4) is 0 Å². The number of pyridine rings is 1. The number of nitrogen functional groups attached to an aromatic ring is 1. The molecule has 0 aliphatic heterocycles. The van der Waals surface area contributed by atoms with Crippen molar-refractivity contribution in [3.63, 3.8) is 0 Å². The lowest BCUT2D eigenvalue weighted by Crippen LogP contribution is -2.12. The van der Waals surface area contributed by atoms with Crippen molar-refractivity contribution < 1.29 is 4.74 Å². The quantitative estimate of drug-likeness (QED) is 0.623. The highest BCUT2D eigenvalue weighted by atomic mass is 16.5. The monoisotopic (exact) mass is 229 g/mol. The fourth-order valence-corrected chi connectivity index (χ4v) is 1.56. The lowest BCUT2D eigenvalue weighted by molar-refractivity contribution is 0.304. The van der Waals surface area contributed by atoms with Gasteiger partial charge < -0.3 is 10.2 Å². The van der Waals surface area contributed by atoms with Crippen LogP contribution in [0.4, 0.5) is 5.82 Å². The molecule has 0 aliphatic carbocycles. The summed E-state index contributed by atoms with van der Waals surface area (Å²) in [7, 11) is 0. The summed E-state index contributed by atoms with van der Waals surface area (Å²) < 4.78 is 5.73. The molecule has 1 aromatic carbocycles. The Hall–Kier alpha value is -2.07. The summed E-state index contributed by atoms with van der Waals surface area (Å²) >= 11 is 0. The maximum Gasteiger partial charge on any atom is 0.146 e.